The number of H-pyrrole nitrogens is 1. The van der Waals surface area contributed by atoms with E-state index in [0.29, 0.717) is 0 Å². The normalized spacial score (nSPS) is 33.3. The zero-order valence-corrected chi connectivity index (χ0v) is 24.8. The Labute approximate surface area is 251 Å². The van der Waals surface area contributed by atoms with Crippen LogP contribution in [0.3, 0.4) is 0 Å². The van der Waals surface area contributed by atoms with Crippen molar-refractivity contribution in [2.45, 2.75) is 43.0 Å². The van der Waals surface area contributed by atoms with Crippen molar-refractivity contribution in [2.75, 3.05) is 24.7 Å². The predicted molar refractivity (Wildman–Crippen MR) is 152 cm³/mol. The van der Waals surface area contributed by atoms with Gasteiger partial charge < -0.3 is 0 Å². The SMILES string of the molecule is C=C1[C@H]2O[PH](O)(O)OC[C@H]3O[C@@H](n4cnc5c(N)ncnc54)[C@H](O)[C@@H]3O[PH](O)(O)OC[C@H]1O[C@H]2n1cnc2c(=O)[nH]c(N)nc21. The Morgan fingerprint density at radius 1 is 0.911 bits per heavy atom. The van der Waals surface area contributed by atoms with E-state index in [1.807, 2.05) is 0 Å². The fraction of sp³-hybridized carbons (Fsp3) is 0.429. The number of aliphatic hydroxyl groups excluding tert-OH is 1. The Morgan fingerprint density at radius 3 is 2.38 bits per heavy atom. The number of hydrogen-bond donors (Lipinski definition) is 8. The molecular weight excluding hydrogens is 646 g/mol. The number of nitrogen functional groups attached to an aromatic ring is 2. The molecule has 0 spiro atoms. The molecule has 22 nitrogen and oxygen atoms in total. The van der Waals surface area contributed by atoms with Crippen LogP contribution in [-0.4, -0.2) is 107 Å². The van der Waals surface area contributed by atoms with E-state index in [-0.39, 0.29) is 39.7 Å². The molecule has 0 aromatic carbocycles. The number of anilines is 2. The van der Waals surface area contributed by atoms with Gasteiger partial charge >= 0.3 is 251 Å². The van der Waals surface area contributed by atoms with Gasteiger partial charge in [0.1, 0.15) is 0 Å². The van der Waals surface area contributed by atoms with Crippen LogP contribution in [0.5, 0.6) is 0 Å². The van der Waals surface area contributed by atoms with Crippen LogP contribution in [0, 0.1) is 0 Å². The Hall–Kier alpha value is -3.34. The average molecular weight is 674 g/mol. The van der Waals surface area contributed by atoms with Crippen LogP contribution in [-0.2, 0) is 27.6 Å². The number of nitrogens with zero attached hydrogens (tertiary/aromatic N) is 7. The topological polar surface area (TPSA) is 316 Å². The van der Waals surface area contributed by atoms with Gasteiger partial charge in [0.25, 0.3) is 0 Å². The van der Waals surface area contributed by atoms with Gasteiger partial charge in [-0.25, -0.2) is 0 Å². The number of rotatable bonds is 2. The molecule has 0 saturated carbocycles. The number of imidazole rings is 2. The van der Waals surface area contributed by atoms with E-state index in [9.17, 15) is 29.5 Å². The third-order valence-corrected chi connectivity index (χ3v) is 9.69. The molecular formula is C21H28N10O12P2. The molecule has 7 atom stereocenters. The molecule has 244 valence electrons. The second-order valence-electron chi connectivity index (χ2n) is 10.3. The zero-order valence-electron chi connectivity index (χ0n) is 22.8. The van der Waals surface area contributed by atoms with Gasteiger partial charge in [-0.1, -0.05) is 0 Å². The summed E-state index contributed by atoms with van der Waals surface area (Å²) in [6.07, 6.45) is -5.88. The third-order valence-electron chi connectivity index (χ3n) is 7.47. The van der Waals surface area contributed by atoms with Crippen molar-refractivity contribution < 1.29 is 52.2 Å². The van der Waals surface area contributed by atoms with E-state index in [4.69, 9.17) is 39.0 Å². The van der Waals surface area contributed by atoms with E-state index in [2.05, 4.69) is 36.5 Å². The fourth-order valence-electron chi connectivity index (χ4n) is 5.39. The van der Waals surface area contributed by atoms with Crippen LogP contribution < -0.4 is 17.0 Å². The molecule has 3 aliphatic heterocycles. The number of hydrogen-bond acceptors (Lipinski definition) is 19. The molecule has 4 aromatic heterocycles. The third kappa shape index (κ3) is 5.34. The maximum absolute atomic E-state index is 12.3. The second-order valence-corrected chi connectivity index (χ2v) is 13.6. The molecule has 7 heterocycles. The van der Waals surface area contributed by atoms with Gasteiger partial charge in [-0.2, -0.15) is 0 Å². The summed E-state index contributed by atoms with van der Waals surface area (Å²) in [4.78, 5) is 78.3. The summed E-state index contributed by atoms with van der Waals surface area (Å²) in [6.45, 7) is 2.66. The van der Waals surface area contributed by atoms with Gasteiger partial charge in [-0.05, 0) is 0 Å². The van der Waals surface area contributed by atoms with Gasteiger partial charge in [-0.15, -0.1) is 0 Å². The van der Waals surface area contributed by atoms with Crippen molar-refractivity contribution in [3.05, 3.63) is 41.5 Å². The minimum atomic E-state index is -5.10. The zero-order chi connectivity index (χ0) is 31.8. The first-order valence-corrected chi connectivity index (χ1v) is 16.6. The van der Waals surface area contributed by atoms with E-state index >= 15 is 0 Å². The standard InChI is InChI=1S/C21H28N10O12P2/c1-7-8-2-38-45(36,37)43-14-9(41-19(12(14)32)30-5-26-10-15(22)24-4-25-16(10)30)3-39-44(34,35)42-13(7)20(40-8)31-6-27-11-17(31)28-21(23)29-18(11)33/h4-6,8-9,12-14,19-20,32,34-37,44-45H,1-3H2,(H2,22,24,25)(H3,23,28,29,33)/t8-,9-,12-,13-,14-,19-,20-/m1/s1. The summed E-state index contributed by atoms with van der Waals surface area (Å²) in [6, 6.07) is 0. The number of aromatic amines is 1. The summed E-state index contributed by atoms with van der Waals surface area (Å²) in [5.74, 6) is -0.152. The first kappa shape index (κ1) is 30.3. The van der Waals surface area contributed by atoms with Crippen molar-refractivity contribution in [3.63, 3.8) is 0 Å². The average Bonchev–Trinajstić information content (AvgIpc) is 3.72. The number of nitrogens with two attached hydrogens (primary N) is 2. The van der Waals surface area contributed by atoms with Gasteiger partial charge in [0, 0.05) is 0 Å². The number of aliphatic hydroxyl groups is 1. The summed E-state index contributed by atoms with van der Waals surface area (Å²) >= 11 is 0. The molecule has 45 heavy (non-hydrogen) atoms. The van der Waals surface area contributed by atoms with Crippen molar-refractivity contribution in [3.8, 4) is 0 Å². The maximum atomic E-state index is 12.3. The molecule has 4 aromatic rings. The monoisotopic (exact) mass is 674 g/mol. The van der Waals surface area contributed by atoms with Crippen LogP contribution in [0.2, 0.25) is 0 Å². The van der Waals surface area contributed by atoms with E-state index in [0.717, 1.165) is 0 Å². The molecule has 10 N–H and O–H groups in total. The first-order valence-electron chi connectivity index (χ1n) is 13.2. The summed E-state index contributed by atoms with van der Waals surface area (Å²) < 4.78 is 36.3. The van der Waals surface area contributed by atoms with E-state index < -0.39 is 78.1 Å². The van der Waals surface area contributed by atoms with Crippen LogP contribution in [0.1, 0.15) is 12.5 Å². The Morgan fingerprint density at radius 2 is 1.60 bits per heavy atom. The van der Waals surface area contributed by atoms with Gasteiger partial charge in [-0.3, -0.25) is 0 Å². The van der Waals surface area contributed by atoms with Crippen molar-refractivity contribution in [1.29, 1.82) is 0 Å². The van der Waals surface area contributed by atoms with E-state index in [1.165, 1.54) is 28.1 Å². The molecule has 3 aliphatic rings. The van der Waals surface area contributed by atoms with Gasteiger partial charge in [0.2, 0.25) is 0 Å². The van der Waals surface area contributed by atoms with Crippen molar-refractivity contribution in [2.24, 2.45) is 0 Å². The fourth-order valence-corrected chi connectivity index (χ4v) is 7.52. The van der Waals surface area contributed by atoms with Crippen LogP contribution in [0.4, 0.5) is 11.8 Å². The Bertz CT molecular complexity index is 1850. The molecule has 7 rings (SSSR count). The van der Waals surface area contributed by atoms with Crippen molar-refractivity contribution in [1.82, 2.24) is 39.0 Å². The molecule has 24 heteroatoms. The molecule has 3 fully saturated rings. The summed E-state index contributed by atoms with van der Waals surface area (Å²) in [7, 11) is -10.2. The summed E-state index contributed by atoms with van der Waals surface area (Å²) in [5.41, 5.74) is 11.3. The quantitative estimate of drug-likeness (QED) is 0.0801. The number of nitrogens with one attached hydrogen (secondary N) is 1. The van der Waals surface area contributed by atoms with Crippen LogP contribution in [0.15, 0.2) is 35.9 Å². The predicted octanol–water partition coefficient (Wildman–Crippen LogP) is -2.56. The van der Waals surface area contributed by atoms with Crippen molar-refractivity contribution >= 4 is 50.4 Å². The minimum absolute atomic E-state index is 0.0212. The molecule has 2 bridgehead atoms. The summed E-state index contributed by atoms with van der Waals surface area (Å²) in [5, 5.41) is 11.2. The molecule has 3 saturated heterocycles. The molecule has 0 aliphatic carbocycles. The Balaban J connectivity index is 1.20. The Kier molecular flexibility index (Phi) is 7.33. The number of aromatic nitrogens is 8. The van der Waals surface area contributed by atoms with E-state index in [1.54, 1.807) is 0 Å². The van der Waals surface area contributed by atoms with Gasteiger partial charge in [0.05, 0.1) is 0 Å². The molecule has 0 unspecified atom stereocenters. The second kappa shape index (κ2) is 10.9. The molecule has 0 radical (unpaired) electrons. The first-order chi connectivity index (χ1) is 21.3. The van der Waals surface area contributed by atoms with Crippen LogP contribution in [0.25, 0.3) is 22.3 Å². The molecule has 0 amide bonds. The van der Waals surface area contributed by atoms with Crippen LogP contribution >= 0.6 is 16.3 Å². The van der Waals surface area contributed by atoms with Gasteiger partial charge in [0.15, 0.2) is 0 Å². The number of fused-ring (bicyclic) bond motifs is 5. The number of ether oxygens (including phenoxy) is 2.